The van der Waals surface area contributed by atoms with Crippen LogP contribution in [-0.2, 0) is 6.42 Å². The largest absolute Gasteiger partial charge is 0.307 e. The summed E-state index contributed by atoms with van der Waals surface area (Å²) < 4.78 is 0. The highest BCUT2D eigenvalue weighted by Gasteiger charge is 2.21. The molecule has 20 heavy (non-hydrogen) atoms. The van der Waals surface area contributed by atoms with Crippen LogP contribution in [0.1, 0.15) is 81.4 Å². The average molecular weight is 271 g/mol. The molecule has 0 aromatic heterocycles. The Morgan fingerprint density at radius 2 is 1.45 bits per heavy atom. The van der Waals surface area contributed by atoms with Crippen LogP contribution in [-0.4, -0.2) is 6.04 Å². The van der Waals surface area contributed by atoms with Gasteiger partial charge in [0.1, 0.15) is 0 Å². The molecule has 0 aliphatic heterocycles. The van der Waals surface area contributed by atoms with E-state index in [2.05, 4.69) is 29.6 Å². The molecule has 110 valence electrons. The lowest BCUT2D eigenvalue weighted by Crippen LogP contribution is -2.33. The van der Waals surface area contributed by atoms with E-state index in [-0.39, 0.29) is 0 Å². The number of hydrogen-bond acceptors (Lipinski definition) is 1. The quantitative estimate of drug-likeness (QED) is 0.733. The molecule has 1 unspecified atom stereocenters. The minimum absolute atomic E-state index is 0.609. The Kier molecular flexibility index (Phi) is 5.13. The predicted molar refractivity (Wildman–Crippen MR) is 86.0 cm³/mol. The normalized spacial score (nSPS) is 25.3. The first-order chi connectivity index (χ1) is 9.93. The smallest absolute Gasteiger partial charge is 0.0325 e. The van der Waals surface area contributed by atoms with Crippen LogP contribution in [0.15, 0.2) is 24.3 Å². The van der Waals surface area contributed by atoms with Gasteiger partial charge in [-0.15, -0.1) is 0 Å². The van der Waals surface area contributed by atoms with Crippen LogP contribution in [0.5, 0.6) is 0 Å². The van der Waals surface area contributed by atoms with Crippen molar-refractivity contribution in [3.8, 4) is 0 Å². The first kappa shape index (κ1) is 14.1. The molecule has 0 radical (unpaired) electrons. The first-order valence-electron chi connectivity index (χ1n) is 8.77. The van der Waals surface area contributed by atoms with Gasteiger partial charge in [0.05, 0.1) is 0 Å². The maximum Gasteiger partial charge on any atom is 0.0325 e. The van der Waals surface area contributed by atoms with Gasteiger partial charge in [-0.3, -0.25) is 0 Å². The third-order valence-corrected chi connectivity index (χ3v) is 5.16. The van der Waals surface area contributed by atoms with Crippen LogP contribution < -0.4 is 5.32 Å². The zero-order chi connectivity index (χ0) is 13.6. The molecule has 1 atom stereocenters. The standard InChI is InChI=1S/C19H29N/c1-2-4-12-17(13-5-3-1)20-19-15-9-7-11-16-10-6-8-14-18(16)19/h6,8,10,14,17,19-20H,1-5,7,9,11-13,15H2. The third-order valence-electron chi connectivity index (χ3n) is 5.16. The predicted octanol–water partition coefficient (Wildman–Crippen LogP) is 5.16. The summed E-state index contributed by atoms with van der Waals surface area (Å²) in [6.07, 6.45) is 15.3. The van der Waals surface area contributed by atoms with Crippen LogP contribution in [0.25, 0.3) is 0 Å². The number of rotatable bonds is 2. The second kappa shape index (κ2) is 7.26. The van der Waals surface area contributed by atoms with Crippen molar-refractivity contribution in [2.24, 2.45) is 0 Å². The molecule has 1 saturated carbocycles. The number of aryl methyl sites for hydroxylation is 1. The van der Waals surface area contributed by atoms with Crippen molar-refractivity contribution in [1.29, 1.82) is 0 Å². The monoisotopic (exact) mass is 271 g/mol. The lowest BCUT2D eigenvalue weighted by Gasteiger charge is -2.28. The Morgan fingerprint density at radius 1 is 0.750 bits per heavy atom. The van der Waals surface area contributed by atoms with Crippen LogP contribution in [0.3, 0.4) is 0 Å². The molecule has 1 aromatic carbocycles. The van der Waals surface area contributed by atoms with E-state index >= 15 is 0 Å². The van der Waals surface area contributed by atoms with Gasteiger partial charge < -0.3 is 5.32 Å². The zero-order valence-electron chi connectivity index (χ0n) is 12.7. The van der Waals surface area contributed by atoms with E-state index in [9.17, 15) is 0 Å². The number of hydrogen-bond donors (Lipinski definition) is 1. The third kappa shape index (κ3) is 3.63. The summed E-state index contributed by atoms with van der Waals surface area (Å²) in [5, 5.41) is 4.02. The van der Waals surface area contributed by atoms with Gasteiger partial charge >= 0.3 is 0 Å². The molecule has 0 heterocycles. The minimum atomic E-state index is 0.609. The lowest BCUT2D eigenvalue weighted by atomic mass is 9.93. The Hall–Kier alpha value is -0.820. The molecule has 0 amide bonds. The Morgan fingerprint density at radius 3 is 2.30 bits per heavy atom. The van der Waals surface area contributed by atoms with Crippen LogP contribution in [0, 0.1) is 0 Å². The van der Waals surface area contributed by atoms with Crippen LogP contribution in [0.4, 0.5) is 0 Å². The van der Waals surface area contributed by atoms with Crippen molar-refractivity contribution in [2.75, 3.05) is 0 Å². The molecular formula is C19H29N. The Labute approximate surface area is 124 Å². The number of benzene rings is 1. The minimum Gasteiger partial charge on any atom is -0.307 e. The van der Waals surface area contributed by atoms with Gasteiger partial charge in [-0.1, -0.05) is 62.8 Å². The summed E-state index contributed by atoms with van der Waals surface area (Å²) in [6, 6.07) is 10.5. The second-order valence-electron chi connectivity index (χ2n) is 6.71. The molecule has 0 bridgehead atoms. The van der Waals surface area contributed by atoms with E-state index in [0.717, 1.165) is 6.04 Å². The van der Waals surface area contributed by atoms with Crippen molar-refractivity contribution in [3.63, 3.8) is 0 Å². The van der Waals surface area contributed by atoms with Crippen LogP contribution >= 0.6 is 0 Å². The van der Waals surface area contributed by atoms with Crippen LogP contribution in [0.2, 0.25) is 0 Å². The maximum atomic E-state index is 4.02. The topological polar surface area (TPSA) is 12.0 Å². The van der Waals surface area contributed by atoms with Gasteiger partial charge in [0.25, 0.3) is 0 Å². The van der Waals surface area contributed by atoms with E-state index in [1.165, 1.54) is 70.6 Å². The van der Waals surface area contributed by atoms with Crippen molar-refractivity contribution < 1.29 is 0 Å². The summed E-state index contributed by atoms with van der Waals surface area (Å²) >= 11 is 0. The lowest BCUT2D eigenvalue weighted by molar-refractivity contribution is 0.343. The van der Waals surface area contributed by atoms with E-state index < -0.39 is 0 Å². The molecule has 1 heteroatoms. The van der Waals surface area contributed by atoms with Gasteiger partial charge in [-0.2, -0.15) is 0 Å². The average Bonchev–Trinajstić information content (AvgIpc) is 2.64. The first-order valence-corrected chi connectivity index (χ1v) is 8.77. The summed E-state index contributed by atoms with van der Waals surface area (Å²) in [6.45, 7) is 0. The van der Waals surface area contributed by atoms with E-state index in [0.29, 0.717) is 6.04 Å². The highest BCUT2D eigenvalue weighted by atomic mass is 14.9. The van der Waals surface area contributed by atoms with E-state index in [1.54, 1.807) is 11.1 Å². The molecule has 2 aliphatic rings. The highest BCUT2D eigenvalue weighted by Crippen LogP contribution is 2.30. The summed E-state index contributed by atoms with van der Waals surface area (Å²) in [4.78, 5) is 0. The molecule has 1 fully saturated rings. The van der Waals surface area contributed by atoms with Gasteiger partial charge in [-0.05, 0) is 43.2 Å². The number of fused-ring (bicyclic) bond motifs is 1. The van der Waals surface area contributed by atoms with E-state index in [1.807, 2.05) is 0 Å². The molecule has 1 N–H and O–H groups in total. The molecule has 2 aliphatic carbocycles. The summed E-state index contributed by atoms with van der Waals surface area (Å²) in [5.74, 6) is 0. The Bertz CT molecular complexity index is 404. The van der Waals surface area contributed by atoms with Gasteiger partial charge in [0, 0.05) is 12.1 Å². The van der Waals surface area contributed by atoms with Crippen molar-refractivity contribution in [2.45, 2.75) is 82.7 Å². The second-order valence-corrected chi connectivity index (χ2v) is 6.71. The molecule has 3 rings (SSSR count). The summed E-state index contributed by atoms with van der Waals surface area (Å²) in [5.41, 5.74) is 3.18. The van der Waals surface area contributed by atoms with E-state index in [4.69, 9.17) is 0 Å². The molecule has 1 nitrogen and oxygen atoms in total. The van der Waals surface area contributed by atoms with Gasteiger partial charge in [-0.25, -0.2) is 0 Å². The fourth-order valence-corrected chi connectivity index (χ4v) is 4.00. The number of nitrogens with one attached hydrogen (secondary N) is 1. The zero-order valence-corrected chi connectivity index (χ0v) is 12.7. The van der Waals surface area contributed by atoms with Gasteiger partial charge in [0.15, 0.2) is 0 Å². The fourth-order valence-electron chi connectivity index (χ4n) is 4.00. The highest BCUT2D eigenvalue weighted by molar-refractivity contribution is 5.31. The fraction of sp³-hybridized carbons (Fsp3) is 0.684. The maximum absolute atomic E-state index is 4.02. The molecule has 0 spiro atoms. The van der Waals surface area contributed by atoms with Crippen molar-refractivity contribution in [3.05, 3.63) is 35.4 Å². The molecular weight excluding hydrogens is 242 g/mol. The molecule has 0 saturated heterocycles. The molecule has 1 aromatic rings. The summed E-state index contributed by atoms with van der Waals surface area (Å²) in [7, 11) is 0. The van der Waals surface area contributed by atoms with Crippen molar-refractivity contribution in [1.82, 2.24) is 5.32 Å². The SMILES string of the molecule is c1ccc2c(c1)CCCCC2NC1CCCCCCC1. The Balaban J connectivity index is 1.69. The van der Waals surface area contributed by atoms with Crippen molar-refractivity contribution >= 4 is 0 Å². The van der Waals surface area contributed by atoms with Gasteiger partial charge in [0.2, 0.25) is 0 Å².